The lowest BCUT2D eigenvalue weighted by Gasteiger charge is -2.19. The van der Waals surface area contributed by atoms with E-state index in [2.05, 4.69) is 27.9 Å². The fraction of sp³-hybridized carbons (Fsp3) is 0.105. The molecule has 2 aromatic rings. The molecule has 0 radical (unpaired) electrons. The molecule has 0 saturated heterocycles. The number of nitrogens with zero attached hydrogens (tertiary/aromatic N) is 2. The predicted octanol–water partition coefficient (Wildman–Crippen LogP) is 3.58. The first-order valence-electron chi connectivity index (χ1n) is 7.67. The summed E-state index contributed by atoms with van der Waals surface area (Å²) >= 11 is 2.20. The van der Waals surface area contributed by atoms with Gasteiger partial charge in [-0.1, -0.05) is 0 Å². The van der Waals surface area contributed by atoms with Gasteiger partial charge in [0.25, 0.3) is 5.91 Å². The van der Waals surface area contributed by atoms with Gasteiger partial charge in [-0.3, -0.25) is 9.59 Å². The summed E-state index contributed by atoms with van der Waals surface area (Å²) in [6.07, 6.45) is 1.31. The molecule has 26 heavy (non-hydrogen) atoms. The molecule has 2 amide bonds. The highest BCUT2D eigenvalue weighted by molar-refractivity contribution is 14.1. The van der Waals surface area contributed by atoms with Gasteiger partial charge in [-0.15, -0.1) is 0 Å². The van der Waals surface area contributed by atoms with Gasteiger partial charge in [0, 0.05) is 28.1 Å². The van der Waals surface area contributed by atoms with Gasteiger partial charge >= 0.3 is 0 Å². The van der Waals surface area contributed by atoms with Gasteiger partial charge in [0.05, 0.1) is 5.69 Å². The van der Waals surface area contributed by atoms with Crippen LogP contribution >= 0.6 is 22.6 Å². The van der Waals surface area contributed by atoms with Crippen LogP contribution < -0.4 is 16.0 Å². The number of imide groups is 1. The van der Waals surface area contributed by atoms with Crippen molar-refractivity contribution in [3.05, 3.63) is 63.4 Å². The number of nitrogens with two attached hydrogens (primary N) is 1. The zero-order valence-corrected chi connectivity index (χ0v) is 16.4. The molecule has 0 aliphatic heterocycles. The van der Waals surface area contributed by atoms with Crippen LogP contribution in [0, 0.1) is 21.8 Å². The van der Waals surface area contributed by atoms with E-state index in [-0.39, 0.29) is 5.57 Å². The monoisotopic (exact) mass is 460 g/mol. The maximum absolute atomic E-state index is 12.7. The van der Waals surface area contributed by atoms with E-state index in [0.717, 1.165) is 19.7 Å². The minimum absolute atomic E-state index is 0.185. The van der Waals surface area contributed by atoms with Gasteiger partial charge in [-0.2, -0.15) is 5.26 Å². The number of aryl methyl sites for hydroxylation is 1. The summed E-state index contributed by atoms with van der Waals surface area (Å²) in [5, 5.41) is 12.3. The third kappa shape index (κ3) is 4.61. The lowest BCUT2D eigenvalue weighted by atomic mass is 10.2. The molecule has 0 saturated carbocycles. The van der Waals surface area contributed by atoms with E-state index in [1.807, 2.05) is 31.2 Å². The lowest BCUT2D eigenvalue weighted by molar-refractivity contribution is -0.123. The number of carbonyl (C=O) groups excluding carboxylic acids is 2. The van der Waals surface area contributed by atoms with Crippen LogP contribution in [0.5, 0.6) is 0 Å². The van der Waals surface area contributed by atoms with Crippen molar-refractivity contribution in [1.29, 1.82) is 5.26 Å². The van der Waals surface area contributed by atoms with Gasteiger partial charge in [-0.25, -0.2) is 4.90 Å². The lowest BCUT2D eigenvalue weighted by Crippen LogP contribution is -2.36. The number of nitriles is 1. The molecule has 3 N–H and O–H groups in total. The summed E-state index contributed by atoms with van der Waals surface area (Å²) in [6.45, 7) is 3.18. The number of hydrogen-bond donors (Lipinski definition) is 2. The van der Waals surface area contributed by atoms with Crippen LogP contribution in [-0.4, -0.2) is 11.8 Å². The Labute approximate surface area is 165 Å². The number of hydrogen-bond acceptors (Lipinski definition) is 5. The molecule has 0 spiro atoms. The second-order valence-corrected chi connectivity index (χ2v) is 6.77. The van der Waals surface area contributed by atoms with Crippen molar-refractivity contribution in [3.8, 4) is 6.07 Å². The van der Waals surface area contributed by atoms with Crippen molar-refractivity contribution in [2.24, 2.45) is 0 Å². The topological polar surface area (TPSA) is 99.2 Å². The van der Waals surface area contributed by atoms with Crippen molar-refractivity contribution < 1.29 is 9.59 Å². The molecule has 0 heterocycles. The molecule has 0 bridgehead atoms. The first-order valence-corrected chi connectivity index (χ1v) is 8.75. The van der Waals surface area contributed by atoms with E-state index >= 15 is 0 Å². The molecule has 7 heteroatoms. The van der Waals surface area contributed by atoms with Crippen molar-refractivity contribution in [2.75, 3.05) is 16.0 Å². The van der Waals surface area contributed by atoms with Crippen molar-refractivity contribution >= 4 is 51.5 Å². The average molecular weight is 460 g/mol. The van der Waals surface area contributed by atoms with E-state index in [1.54, 1.807) is 24.3 Å². The quantitative estimate of drug-likeness (QED) is 0.315. The summed E-state index contributed by atoms with van der Waals surface area (Å²) in [7, 11) is 0. The first kappa shape index (κ1) is 19.5. The molecule has 0 aliphatic carbocycles. The Morgan fingerprint density at radius 3 is 2.42 bits per heavy atom. The number of anilines is 3. The van der Waals surface area contributed by atoms with Crippen LogP contribution in [0.25, 0.3) is 0 Å². The molecule has 2 aromatic carbocycles. The normalized spacial score (nSPS) is 10.8. The summed E-state index contributed by atoms with van der Waals surface area (Å²) in [5.41, 5.74) is 8.06. The zero-order chi connectivity index (χ0) is 19.3. The Kier molecular flexibility index (Phi) is 6.36. The van der Waals surface area contributed by atoms with E-state index in [0.29, 0.717) is 11.4 Å². The Hall–Kier alpha value is -2.86. The second-order valence-electron chi connectivity index (χ2n) is 5.52. The number of rotatable bonds is 4. The standard InChI is InChI=1S/C19H17IN4O2/c1-12-9-15(20)3-8-18(12)23-11-14(10-21)19(26)24(13(2)25)17-6-4-16(22)5-7-17/h3-9,11,23H,22H2,1-2H3/b14-11-. The van der Waals surface area contributed by atoms with Crippen LogP contribution in [0.4, 0.5) is 17.1 Å². The third-order valence-electron chi connectivity index (χ3n) is 3.58. The molecule has 2 rings (SSSR count). The smallest absolute Gasteiger partial charge is 0.277 e. The van der Waals surface area contributed by atoms with Gasteiger partial charge < -0.3 is 11.1 Å². The van der Waals surface area contributed by atoms with Crippen LogP contribution in [-0.2, 0) is 9.59 Å². The number of halogens is 1. The molecular formula is C19H17IN4O2. The summed E-state index contributed by atoms with van der Waals surface area (Å²) in [5.74, 6) is -1.20. The number of amides is 2. The van der Waals surface area contributed by atoms with Gasteiger partial charge in [0.1, 0.15) is 11.6 Å². The van der Waals surface area contributed by atoms with Gasteiger partial charge in [0.15, 0.2) is 0 Å². The van der Waals surface area contributed by atoms with Crippen molar-refractivity contribution in [2.45, 2.75) is 13.8 Å². The number of benzene rings is 2. The van der Waals surface area contributed by atoms with Crippen LogP contribution in [0.1, 0.15) is 12.5 Å². The highest BCUT2D eigenvalue weighted by atomic mass is 127. The highest BCUT2D eigenvalue weighted by Gasteiger charge is 2.23. The van der Waals surface area contributed by atoms with E-state index in [1.165, 1.54) is 13.1 Å². The van der Waals surface area contributed by atoms with Gasteiger partial charge in [-0.05, 0) is 77.5 Å². The van der Waals surface area contributed by atoms with Crippen LogP contribution in [0.3, 0.4) is 0 Å². The fourth-order valence-electron chi connectivity index (χ4n) is 2.27. The summed E-state index contributed by atoms with van der Waals surface area (Å²) in [6, 6.07) is 13.9. The Morgan fingerprint density at radius 1 is 1.23 bits per heavy atom. The summed E-state index contributed by atoms with van der Waals surface area (Å²) in [4.78, 5) is 25.6. The van der Waals surface area contributed by atoms with Crippen molar-refractivity contribution in [1.82, 2.24) is 0 Å². The van der Waals surface area contributed by atoms with Gasteiger partial charge in [0.2, 0.25) is 5.91 Å². The molecule has 0 atom stereocenters. The van der Waals surface area contributed by atoms with Crippen molar-refractivity contribution in [3.63, 3.8) is 0 Å². The number of nitrogen functional groups attached to an aromatic ring is 1. The Bertz CT molecular complexity index is 914. The highest BCUT2D eigenvalue weighted by Crippen LogP contribution is 2.20. The molecular weight excluding hydrogens is 443 g/mol. The minimum atomic E-state index is -0.708. The SMILES string of the molecule is CC(=O)N(C(=O)/C(C#N)=C\Nc1ccc(I)cc1C)c1ccc(N)cc1. The molecule has 0 aromatic heterocycles. The second kappa shape index (κ2) is 8.49. The molecule has 0 fully saturated rings. The number of nitrogens with one attached hydrogen (secondary N) is 1. The third-order valence-corrected chi connectivity index (χ3v) is 4.25. The largest absolute Gasteiger partial charge is 0.399 e. The fourth-order valence-corrected chi connectivity index (χ4v) is 2.91. The zero-order valence-electron chi connectivity index (χ0n) is 14.3. The summed E-state index contributed by atoms with van der Waals surface area (Å²) < 4.78 is 1.08. The first-order chi connectivity index (χ1) is 12.3. The maximum atomic E-state index is 12.7. The molecule has 6 nitrogen and oxygen atoms in total. The molecule has 132 valence electrons. The average Bonchev–Trinajstić information content (AvgIpc) is 2.58. The minimum Gasteiger partial charge on any atom is -0.399 e. The Balaban J connectivity index is 2.31. The Morgan fingerprint density at radius 2 is 1.88 bits per heavy atom. The maximum Gasteiger partial charge on any atom is 0.277 e. The van der Waals surface area contributed by atoms with E-state index in [9.17, 15) is 14.9 Å². The number of carbonyl (C=O) groups is 2. The van der Waals surface area contributed by atoms with E-state index < -0.39 is 11.8 Å². The van der Waals surface area contributed by atoms with Crippen LogP contribution in [0.2, 0.25) is 0 Å². The predicted molar refractivity (Wildman–Crippen MR) is 110 cm³/mol. The van der Waals surface area contributed by atoms with E-state index in [4.69, 9.17) is 5.73 Å². The molecule has 0 aliphatic rings. The van der Waals surface area contributed by atoms with Crippen LogP contribution in [0.15, 0.2) is 54.2 Å². The molecule has 0 unspecified atom stereocenters.